The summed E-state index contributed by atoms with van der Waals surface area (Å²) in [5, 5.41) is 8.80. The van der Waals surface area contributed by atoms with Crippen LogP contribution < -0.4 is 5.73 Å². The molecule has 1 aromatic rings. The number of anilines is 1. The fourth-order valence-corrected chi connectivity index (χ4v) is 3.53. The van der Waals surface area contributed by atoms with Gasteiger partial charge in [-0.15, -0.1) is 0 Å². The van der Waals surface area contributed by atoms with Crippen LogP contribution in [0.1, 0.15) is 32.8 Å². The van der Waals surface area contributed by atoms with Crippen LogP contribution >= 0.6 is 0 Å². The number of rotatable bonds is 6. The van der Waals surface area contributed by atoms with Gasteiger partial charge in [-0.1, -0.05) is 27.2 Å². The molecule has 0 saturated carbocycles. The van der Waals surface area contributed by atoms with E-state index in [0.717, 1.165) is 6.42 Å². The van der Waals surface area contributed by atoms with E-state index in [-0.39, 0.29) is 16.5 Å². The van der Waals surface area contributed by atoms with E-state index in [1.807, 2.05) is 19.9 Å². The van der Waals surface area contributed by atoms with Crippen LogP contribution in [0.5, 0.6) is 0 Å². The second-order valence-corrected chi connectivity index (χ2v) is 6.74. The molecule has 0 bridgehead atoms. The predicted octanol–water partition coefficient (Wildman–Crippen LogP) is 2.20. The second kappa shape index (κ2) is 6.73. The third kappa shape index (κ3) is 3.50. The van der Waals surface area contributed by atoms with Crippen molar-refractivity contribution in [2.24, 2.45) is 5.92 Å². The largest absolute Gasteiger partial charge is 0.398 e. The minimum atomic E-state index is -3.61. The van der Waals surface area contributed by atoms with Crippen LogP contribution in [0.4, 0.5) is 5.69 Å². The van der Waals surface area contributed by atoms with E-state index in [1.165, 1.54) is 22.5 Å². The first-order valence-electron chi connectivity index (χ1n) is 6.66. The van der Waals surface area contributed by atoms with Crippen molar-refractivity contribution in [3.8, 4) is 6.07 Å². The average molecular weight is 295 g/mol. The van der Waals surface area contributed by atoms with Gasteiger partial charge in [0, 0.05) is 13.1 Å². The number of benzene rings is 1. The topological polar surface area (TPSA) is 87.2 Å². The molecule has 1 rings (SSSR count). The summed E-state index contributed by atoms with van der Waals surface area (Å²) in [4.78, 5) is 0.0710. The van der Waals surface area contributed by atoms with Gasteiger partial charge in [-0.25, -0.2) is 8.42 Å². The van der Waals surface area contributed by atoms with Crippen LogP contribution in [-0.4, -0.2) is 25.8 Å². The van der Waals surface area contributed by atoms with Crippen LogP contribution in [0.15, 0.2) is 23.1 Å². The lowest BCUT2D eigenvalue weighted by Crippen LogP contribution is -2.35. The minimum Gasteiger partial charge on any atom is -0.398 e. The number of hydrogen-bond donors (Lipinski definition) is 1. The molecule has 0 amide bonds. The highest BCUT2D eigenvalue weighted by Crippen LogP contribution is 2.24. The summed E-state index contributed by atoms with van der Waals surface area (Å²) < 4.78 is 26.6. The van der Waals surface area contributed by atoms with Crippen molar-refractivity contribution in [3.63, 3.8) is 0 Å². The van der Waals surface area contributed by atoms with Crippen molar-refractivity contribution >= 4 is 15.7 Å². The molecule has 5 nitrogen and oxygen atoms in total. The number of hydrogen-bond acceptors (Lipinski definition) is 4. The van der Waals surface area contributed by atoms with E-state index in [2.05, 4.69) is 0 Å². The Kier molecular flexibility index (Phi) is 5.54. The summed E-state index contributed by atoms with van der Waals surface area (Å²) in [5.74, 6) is 0.282. The SMILES string of the molecule is CCC(C)CN(CC)S(=O)(=O)c1ccc(C#N)cc1N. The van der Waals surface area contributed by atoms with E-state index in [4.69, 9.17) is 11.0 Å². The van der Waals surface area contributed by atoms with Gasteiger partial charge in [0.05, 0.1) is 17.3 Å². The molecule has 0 aliphatic heterocycles. The molecule has 6 heteroatoms. The van der Waals surface area contributed by atoms with E-state index >= 15 is 0 Å². The fraction of sp³-hybridized carbons (Fsp3) is 0.500. The Morgan fingerprint density at radius 3 is 2.50 bits per heavy atom. The fourth-order valence-electron chi connectivity index (χ4n) is 1.87. The van der Waals surface area contributed by atoms with Crippen LogP contribution in [0.25, 0.3) is 0 Å². The number of nitrogen functional groups attached to an aromatic ring is 1. The number of nitrogens with two attached hydrogens (primary N) is 1. The Morgan fingerprint density at radius 2 is 2.05 bits per heavy atom. The summed E-state index contributed by atoms with van der Waals surface area (Å²) in [6, 6.07) is 6.21. The van der Waals surface area contributed by atoms with Gasteiger partial charge in [-0.2, -0.15) is 9.57 Å². The maximum absolute atomic E-state index is 12.6. The smallest absolute Gasteiger partial charge is 0.245 e. The summed E-state index contributed by atoms with van der Waals surface area (Å²) in [7, 11) is -3.61. The van der Waals surface area contributed by atoms with Crippen LogP contribution in [0.3, 0.4) is 0 Å². The average Bonchev–Trinajstić information content (AvgIpc) is 2.43. The van der Waals surface area contributed by atoms with Crippen molar-refractivity contribution in [2.45, 2.75) is 32.1 Å². The zero-order valence-electron chi connectivity index (χ0n) is 12.1. The molecule has 1 unspecified atom stereocenters. The molecule has 0 radical (unpaired) electrons. The summed E-state index contributed by atoms with van der Waals surface area (Å²) >= 11 is 0. The molecule has 0 aliphatic carbocycles. The van der Waals surface area contributed by atoms with Crippen molar-refractivity contribution in [3.05, 3.63) is 23.8 Å². The van der Waals surface area contributed by atoms with Gasteiger partial charge < -0.3 is 5.73 Å². The van der Waals surface area contributed by atoms with Gasteiger partial charge in [0.1, 0.15) is 4.90 Å². The summed E-state index contributed by atoms with van der Waals surface area (Å²) in [6.07, 6.45) is 0.912. The Hall–Kier alpha value is -1.58. The van der Waals surface area contributed by atoms with Crippen molar-refractivity contribution < 1.29 is 8.42 Å². The van der Waals surface area contributed by atoms with Crippen molar-refractivity contribution in [2.75, 3.05) is 18.8 Å². The molecule has 0 aliphatic rings. The lowest BCUT2D eigenvalue weighted by Gasteiger charge is -2.24. The van der Waals surface area contributed by atoms with Gasteiger partial charge in [-0.05, 0) is 24.1 Å². The second-order valence-electron chi connectivity index (χ2n) is 4.83. The lowest BCUT2D eigenvalue weighted by atomic mass is 10.1. The molecule has 0 aromatic heterocycles. The standard InChI is InChI=1S/C14H21N3O2S/c1-4-11(3)10-17(5-2)20(18,19)14-7-6-12(9-15)8-13(14)16/h6-8,11H,4-5,10,16H2,1-3H3. The third-order valence-corrected chi connectivity index (χ3v) is 5.34. The maximum atomic E-state index is 12.6. The predicted molar refractivity (Wildman–Crippen MR) is 79.5 cm³/mol. The molecule has 20 heavy (non-hydrogen) atoms. The maximum Gasteiger partial charge on any atom is 0.245 e. The summed E-state index contributed by atoms with van der Waals surface area (Å²) in [6.45, 7) is 6.71. The van der Waals surface area contributed by atoms with Gasteiger partial charge in [-0.3, -0.25) is 0 Å². The van der Waals surface area contributed by atoms with E-state index in [1.54, 1.807) is 6.92 Å². The molecule has 1 aromatic carbocycles. The molecule has 0 spiro atoms. The third-order valence-electron chi connectivity index (χ3n) is 3.32. The zero-order chi connectivity index (χ0) is 15.3. The van der Waals surface area contributed by atoms with E-state index in [9.17, 15) is 8.42 Å². The lowest BCUT2D eigenvalue weighted by molar-refractivity contribution is 0.362. The van der Waals surface area contributed by atoms with Gasteiger partial charge in [0.15, 0.2) is 0 Å². The molecular formula is C14H21N3O2S. The highest BCUT2D eigenvalue weighted by Gasteiger charge is 2.26. The molecule has 1 atom stereocenters. The first kappa shape index (κ1) is 16.5. The molecule has 0 heterocycles. The minimum absolute atomic E-state index is 0.0710. The summed E-state index contributed by atoms with van der Waals surface area (Å²) in [5.41, 5.74) is 6.25. The molecule has 2 N–H and O–H groups in total. The normalized spacial score (nSPS) is 13.2. The van der Waals surface area contributed by atoms with Gasteiger partial charge >= 0.3 is 0 Å². The van der Waals surface area contributed by atoms with Crippen LogP contribution in [-0.2, 0) is 10.0 Å². The Balaban J connectivity index is 3.18. The molecule has 0 fully saturated rings. The van der Waals surface area contributed by atoms with Crippen LogP contribution in [0, 0.1) is 17.2 Å². The van der Waals surface area contributed by atoms with Gasteiger partial charge in [0.2, 0.25) is 10.0 Å². The quantitative estimate of drug-likeness (QED) is 0.815. The first-order valence-corrected chi connectivity index (χ1v) is 8.10. The Morgan fingerprint density at radius 1 is 1.40 bits per heavy atom. The van der Waals surface area contributed by atoms with Crippen molar-refractivity contribution in [1.82, 2.24) is 4.31 Å². The number of nitrogens with zero attached hydrogens (tertiary/aromatic N) is 2. The van der Waals surface area contributed by atoms with Crippen molar-refractivity contribution in [1.29, 1.82) is 5.26 Å². The van der Waals surface area contributed by atoms with E-state index in [0.29, 0.717) is 18.7 Å². The van der Waals surface area contributed by atoms with Crippen LogP contribution in [0.2, 0.25) is 0 Å². The highest BCUT2D eigenvalue weighted by atomic mass is 32.2. The Labute approximate surface area is 121 Å². The van der Waals surface area contributed by atoms with Gasteiger partial charge in [0.25, 0.3) is 0 Å². The molecular weight excluding hydrogens is 274 g/mol. The molecule has 110 valence electrons. The highest BCUT2D eigenvalue weighted by molar-refractivity contribution is 7.89. The monoisotopic (exact) mass is 295 g/mol. The molecule has 0 saturated heterocycles. The number of sulfonamides is 1. The van der Waals surface area contributed by atoms with E-state index < -0.39 is 10.0 Å². The number of nitriles is 1. The Bertz CT molecular complexity index is 605. The first-order chi connectivity index (χ1) is 9.36. The zero-order valence-corrected chi connectivity index (χ0v) is 12.9.